The van der Waals surface area contributed by atoms with Crippen molar-refractivity contribution in [3.8, 4) is 47.3 Å². The summed E-state index contributed by atoms with van der Waals surface area (Å²) < 4.78 is 147. The molecule has 0 saturated carbocycles. The SMILES string of the molecule is CC(C)N1CCN(S(=O)(=O)c2cc(C#N)ccc2Oc2cc(Cl)ccc2Cl)CC1.CC1CCN(S(=O)(=O)c2cc(C#N)ccc2Oc2cc(Cl)ccc2Cl)CC1.Cc1ccc(C)c(Sc2ccc(C#N)cc2S(=O)(=O)N2CCS(=O)(=O)CC2)c1.Cc1ccc(C)c(Sc2ccc(C#N)cc2S(=O)(=O)N2CCSCC2)c1. The number of thioether (sulfide) groups is 1. The molecule has 110 heavy (non-hydrogen) atoms. The van der Waals surface area contributed by atoms with Gasteiger partial charge < -0.3 is 9.47 Å². The summed E-state index contributed by atoms with van der Waals surface area (Å²) in [6.45, 7) is 18.0. The molecule has 12 rings (SSSR count). The summed E-state index contributed by atoms with van der Waals surface area (Å²) in [5, 5.41) is 38.3. The Morgan fingerprint density at radius 1 is 0.427 bits per heavy atom. The van der Waals surface area contributed by atoms with Crippen molar-refractivity contribution in [1.29, 1.82) is 21.0 Å². The standard InChI is InChI=1S/C20H21Cl2N3O3S.C19H18Cl2N2O3S.C19H20N2O4S3.C19H20N2O2S3/c1-14(2)24-7-9-25(10-8-24)29(26,27)20-11-15(13-23)3-6-18(20)28-19-12-16(21)4-5-17(19)22;1-13-6-8-23(9-7-13)27(24,25)19-10-14(12-22)2-5-17(19)26-18-11-15(20)3-4-16(18)21;1-14-3-4-15(2)18(11-14)26-17-6-5-16(13-20)12-19(17)28(24,25)21-7-9-27(22,23)10-8-21;1-14-3-4-15(2)18(11-14)25-17-6-5-16(13-20)12-19(17)26(22,23)21-7-9-24-10-8-21/h3-6,11-12,14H,7-10H2,1-2H3;2-5,10-11,13H,6-9H2,1H3;3-6,11-12H,7-10H2,1-2H3;3-6,11-12H,7-10H2,1-2H3. The molecule has 4 saturated heterocycles. The van der Waals surface area contributed by atoms with Crippen LogP contribution in [0.25, 0.3) is 0 Å². The normalized spacial score (nSPS) is 16.2. The predicted octanol–water partition coefficient (Wildman–Crippen LogP) is 16.3. The molecule has 580 valence electrons. The molecule has 0 bridgehead atoms. The van der Waals surface area contributed by atoms with Gasteiger partial charge in [0.15, 0.2) is 9.84 Å². The van der Waals surface area contributed by atoms with Crippen molar-refractivity contribution in [3.63, 3.8) is 0 Å². The quantitative estimate of drug-likeness (QED) is 0.0818. The fraction of sp³-hybridized carbons (Fsp3) is 0.325. The number of aryl methyl sites for hydroxylation is 4. The zero-order chi connectivity index (χ0) is 80.0. The number of ether oxygens (including phenoxy) is 2. The topological polar surface area (TPSA) is 301 Å². The first-order chi connectivity index (χ1) is 52.1. The van der Waals surface area contributed by atoms with E-state index in [1.165, 1.54) is 101 Å². The molecule has 8 aromatic carbocycles. The Balaban J connectivity index is 0.000000169. The van der Waals surface area contributed by atoms with E-state index in [9.17, 15) is 63.1 Å². The summed E-state index contributed by atoms with van der Waals surface area (Å²) in [6, 6.07) is 48.0. The number of hydrogen-bond acceptors (Lipinski definition) is 20. The molecule has 0 spiro atoms. The molecule has 33 heteroatoms. The molecule has 0 aliphatic carbocycles. The van der Waals surface area contributed by atoms with Gasteiger partial charge in [-0.15, -0.1) is 0 Å². The van der Waals surface area contributed by atoms with E-state index in [-0.39, 0.29) is 83.9 Å². The number of sulfone groups is 1. The number of halogens is 4. The minimum atomic E-state index is -3.92. The molecule has 0 amide bonds. The van der Waals surface area contributed by atoms with E-state index in [0.29, 0.717) is 99.8 Å². The molecule has 0 N–H and O–H groups in total. The highest BCUT2D eigenvalue weighted by Gasteiger charge is 2.37. The average molecular weight is 1720 g/mol. The highest BCUT2D eigenvalue weighted by atomic mass is 35.5. The number of sulfonamides is 4. The third-order valence-electron chi connectivity index (χ3n) is 18.1. The first-order valence-electron chi connectivity index (χ1n) is 34.5. The lowest BCUT2D eigenvalue weighted by Crippen LogP contribution is -2.50. The van der Waals surface area contributed by atoms with Crippen LogP contribution in [0.3, 0.4) is 0 Å². The Labute approximate surface area is 678 Å². The van der Waals surface area contributed by atoms with Crippen molar-refractivity contribution in [3.05, 3.63) is 210 Å². The van der Waals surface area contributed by atoms with Gasteiger partial charge in [0.05, 0.1) is 77.9 Å². The van der Waals surface area contributed by atoms with Crippen molar-refractivity contribution >= 4 is 132 Å². The second-order valence-electron chi connectivity index (χ2n) is 26.4. The van der Waals surface area contributed by atoms with E-state index in [0.717, 1.165) is 56.4 Å². The van der Waals surface area contributed by atoms with Crippen molar-refractivity contribution in [2.75, 3.05) is 88.5 Å². The maximum atomic E-state index is 13.4. The van der Waals surface area contributed by atoms with Crippen LogP contribution in [0.15, 0.2) is 185 Å². The van der Waals surface area contributed by atoms with Crippen LogP contribution >= 0.6 is 81.7 Å². The highest BCUT2D eigenvalue weighted by molar-refractivity contribution is 8.01. The van der Waals surface area contributed by atoms with Gasteiger partial charge in [-0.3, -0.25) is 4.90 Å². The Kier molecular flexibility index (Phi) is 30.3. The maximum Gasteiger partial charge on any atom is 0.246 e. The lowest BCUT2D eigenvalue weighted by atomic mass is 10.0. The zero-order valence-corrected chi connectivity index (χ0v) is 70.6. The van der Waals surface area contributed by atoms with Gasteiger partial charge in [-0.25, -0.2) is 42.1 Å². The van der Waals surface area contributed by atoms with Crippen molar-refractivity contribution < 1.29 is 51.6 Å². The van der Waals surface area contributed by atoms with E-state index in [1.807, 2.05) is 76.2 Å². The molecular formula is C77H79Cl4N9O12S8. The van der Waals surface area contributed by atoms with Crippen LogP contribution in [-0.4, -0.2) is 159 Å². The van der Waals surface area contributed by atoms with Crippen molar-refractivity contribution in [1.82, 2.24) is 22.1 Å². The number of rotatable bonds is 17. The summed E-state index contributed by atoms with van der Waals surface area (Å²) in [6.07, 6.45) is 1.60. The molecule has 8 aromatic rings. The molecule has 21 nitrogen and oxygen atoms in total. The summed E-state index contributed by atoms with van der Waals surface area (Å²) in [5.74, 6) is 2.40. The van der Waals surface area contributed by atoms with Crippen LogP contribution in [-0.2, 0) is 49.9 Å². The van der Waals surface area contributed by atoms with Gasteiger partial charge in [-0.05, 0) is 192 Å². The third-order valence-corrected chi connectivity index (χ3v) is 32.2. The van der Waals surface area contributed by atoms with Gasteiger partial charge >= 0.3 is 0 Å². The predicted molar refractivity (Wildman–Crippen MR) is 434 cm³/mol. The van der Waals surface area contributed by atoms with Crippen LogP contribution in [0.1, 0.15) is 78.1 Å². The molecule has 4 aliphatic heterocycles. The van der Waals surface area contributed by atoms with Crippen LogP contribution in [0.4, 0.5) is 0 Å². The molecule has 4 fully saturated rings. The van der Waals surface area contributed by atoms with Gasteiger partial charge in [0.2, 0.25) is 40.1 Å². The first kappa shape index (κ1) is 87.1. The van der Waals surface area contributed by atoms with Gasteiger partial charge in [0, 0.05) is 125 Å². The largest absolute Gasteiger partial charge is 0.454 e. The van der Waals surface area contributed by atoms with Crippen LogP contribution in [0.5, 0.6) is 23.0 Å². The third kappa shape index (κ3) is 22.3. The number of nitrogens with zero attached hydrogens (tertiary/aromatic N) is 9. The number of piperidine rings is 1. The first-order valence-corrected chi connectivity index (χ1v) is 46.4. The second kappa shape index (κ2) is 38.3. The average Bonchev–Trinajstić information content (AvgIpc) is 0.795. The fourth-order valence-corrected chi connectivity index (χ4v) is 24.0. The minimum absolute atomic E-state index is 0.0387. The number of nitriles is 4. The molecule has 0 radical (unpaired) electrons. The van der Waals surface area contributed by atoms with Crippen LogP contribution < -0.4 is 9.47 Å². The summed E-state index contributed by atoms with van der Waals surface area (Å²) in [5.41, 5.74) is 5.39. The zero-order valence-electron chi connectivity index (χ0n) is 61.0. The smallest absolute Gasteiger partial charge is 0.246 e. The lowest BCUT2D eigenvalue weighted by molar-refractivity contribution is 0.154. The molecule has 0 atom stereocenters. The number of benzene rings is 8. The molecule has 0 aromatic heterocycles. The number of hydrogen-bond donors (Lipinski definition) is 0. The Bertz CT molecular complexity index is 5510. The summed E-state index contributed by atoms with van der Waals surface area (Å²) >= 11 is 28.8. The van der Waals surface area contributed by atoms with E-state index in [2.05, 4.69) is 37.8 Å². The molecule has 4 aliphatic rings. The van der Waals surface area contributed by atoms with Gasteiger partial charge in [-0.1, -0.05) is 101 Å². The molecule has 0 unspecified atom stereocenters. The van der Waals surface area contributed by atoms with Gasteiger partial charge in [-0.2, -0.15) is 50.0 Å². The van der Waals surface area contributed by atoms with Gasteiger partial charge in [0.25, 0.3) is 0 Å². The monoisotopic (exact) mass is 1720 g/mol. The van der Waals surface area contributed by atoms with Crippen molar-refractivity contribution in [2.45, 2.75) is 107 Å². The molecule has 4 heterocycles. The van der Waals surface area contributed by atoms with E-state index in [1.54, 1.807) is 60.3 Å². The summed E-state index contributed by atoms with van der Waals surface area (Å²) in [7, 11) is -18.4. The Morgan fingerprint density at radius 3 is 1.17 bits per heavy atom. The lowest BCUT2D eigenvalue weighted by Gasteiger charge is -2.36. The Hall–Kier alpha value is -6.92. The van der Waals surface area contributed by atoms with E-state index in [4.69, 9.17) is 55.9 Å². The van der Waals surface area contributed by atoms with Crippen LogP contribution in [0, 0.1) is 78.9 Å². The summed E-state index contributed by atoms with van der Waals surface area (Å²) in [4.78, 5) is 5.52. The Morgan fingerprint density at radius 2 is 0.782 bits per heavy atom. The van der Waals surface area contributed by atoms with Crippen LogP contribution in [0.2, 0.25) is 20.1 Å². The highest BCUT2D eigenvalue weighted by Crippen LogP contribution is 2.42. The maximum absolute atomic E-state index is 13.4. The fourth-order valence-electron chi connectivity index (χ4n) is 11.6. The molecular weight excluding hydrogens is 1640 g/mol. The second-order valence-corrected chi connectivity index (χ2v) is 41.4. The van der Waals surface area contributed by atoms with E-state index >= 15 is 0 Å². The van der Waals surface area contributed by atoms with Crippen molar-refractivity contribution in [2.24, 2.45) is 5.92 Å². The van der Waals surface area contributed by atoms with Gasteiger partial charge in [0.1, 0.15) is 32.8 Å². The van der Waals surface area contributed by atoms with E-state index < -0.39 is 49.9 Å². The minimum Gasteiger partial charge on any atom is -0.454 e. The number of piperazine rings is 1.